The molecule has 2 aromatic rings. The Kier molecular flexibility index (Phi) is 6.54. The maximum atomic E-state index is 11.9. The van der Waals surface area contributed by atoms with E-state index in [0.29, 0.717) is 30.5 Å². The van der Waals surface area contributed by atoms with Crippen LogP contribution < -0.4 is 15.4 Å². The summed E-state index contributed by atoms with van der Waals surface area (Å²) in [6.07, 6.45) is 0.945. The third-order valence-electron chi connectivity index (χ3n) is 3.54. The highest BCUT2D eigenvalue weighted by atomic mass is 16.5. The van der Waals surface area contributed by atoms with Crippen LogP contribution >= 0.6 is 0 Å². The number of hydrogen-bond donors (Lipinski definition) is 2. The minimum Gasteiger partial charge on any atom is -0.497 e. The lowest BCUT2D eigenvalue weighted by atomic mass is 10.1. The molecule has 2 rings (SSSR count). The summed E-state index contributed by atoms with van der Waals surface area (Å²) in [4.78, 5) is 11.9. The number of carbonyl (C=O) groups excluding carboxylic acids is 1. The Morgan fingerprint density at radius 2 is 1.88 bits per heavy atom. The van der Waals surface area contributed by atoms with Crippen molar-refractivity contribution in [3.63, 3.8) is 0 Å². The smallest absolute Gasteiger partial charge is 0.271 e. The van der Waals surface area contributed by atoms with E-state index in [-0.39, 0.29) is 5.91 Å². The number of amides is 1. The van der Waals surface area contributed by atoms with Gasteiger partial charge < -0.3 is 15.4 Å². The largest absolute Gasteiger partial charge is 0.497 e. The van der Waals surface area contributed by atoms with Crippen molar-refractivity contribution in [1.82, 2.24) is 15.5 Å². The van der Waals surface area contributed by atoms with Gasteiger partial charge in [-0.25, -0.2) is 0 Å². The number of anilines is 1. The number of carbonyl (C=O) groups is 1. The van der Waals surface area contributed by atoms with Crippen LogP contribution in [0.2, 0.25) is 0 Å². The van der Waals surface area contributed by atoms with Crippen LogP contribution in [-0.2, 0) is 6.54 Å². The molecule has 1 aromatic heterocycles. The lowest BCUT2D eigenvalue weighted by Gasteiger charge is -2.08. The Morgan fingerprint density at radius 3 is 2.46 bits per heavy atom. The quantitative estimate of drug-likeness (QED) is 0.779. The molecule has 0 saturated carbocycles. The molecule has 24 heavy (non-hydrogen) atoms. The van der Waals surface area contributed by atoms with Gasteiger partial charge in [-0.3, -0.25) is 4.79 Å². The summed E-state index contributed by atoms with van der Waals surface area (Å²) in [5.74, 6) is 1.82. The van der Waals surface area contributed by atoms with Crippen molar-refractivity contribution < 1.29 is 9.53 Å². The molecule has 0 atom stereocenters. The maximum absolute atomic E-state index is 11.9. The zero-order valence-electron chi connectivity index (χ0n) is 14.4. The molecule has 6 nitrogen and oxygen atoms in total. The highest BCUT2D eigenvalue weighted by molar-refractivity contribution is 5.92. The van der Waals surface area contributed by atoms with Gasteiger partial charge in [-0.2, -0.15) is 0 Å². The van der Waals surface area contributed by atoms with E-state index < -0.39 is 0 Å². The predicted octanol–water partition coefficient (Wildman–Crippen LogP) is 2.87. The summed E-state index contributed by atoms with van der Waals surface area (Å²) in [6, 6.07) is 11.2. The first kappa shape index (κ1) is 17.7. The van der Waals surface area contributed by atoms with Crippen molar-refractivity contribution in [2.45, 2.75) is 26.8 Å². The summed E-state index contributed by atoms with van der Waals surface area (Å²) < 4.78 is 5.13. The Bertz CT molecular complexity index is 639. The third kappa shape index (κ3) is 5.53. The predicted molar refractivity (Wildman–Crippen MR) is 94.1 cm³/mol. The van der Waals surface area contributed by atoms with Crippen LogP contribution in [0.15, 0.2) is 36.4 Å². The molecule has 1 heterocycles. The molecular formula is C18H24N4O2. The van der Waals surface area contributed by atoms with Crippen LogP contribution in [0.25, 0.3) is 0 Å². The summed E-state index contributed by atoms with van der Waals surface area (Å²) in [6.45, 7) is 5.51. The number of ether oxygens (including phenoxy) is 1. The first-order valence-corrected chi connectivity index (χ1v) is 8.07. The van der Waals surface area contributed by atoms with E-state index in [9.17, 15) is 4.79 Å². The first-order chi connectivity index (χ1) is 11.6. The van der Waals surface area contributed by atoms with E-state index in [1.165, 1.54) is 0 Å². The van der Waals surface area contributed by atoms with E-state index >= 15 is 0 Å². The molecule has 0 bridgehead atoms. The number of methoxy groups -OCH3 is 1. The molecule has 0 spiro atoms. The van der Waals surface area contributed by atoms with Crippen LogP contribution in [0, 0.1) is 5.92 Å². The third-order valence-corrected chi connectivity index (χ3v) is 3.54. The minimum atomic E-state index is -0.190. The molecule has 0 radical (unpaired) electrons. The lowest BCUT2D eigenvalue weighted by Crippen LogP contribution is -2.26. The van der Waals surface area contributed by atoms with Gasteiger partial charge in [-0.15, -0.1) is 10.2 Å². The summed E-state index contributed by atoms with van der Waals surface area (Å²) in [5.41, 5.74) is 1.43. The molecule has 1 amide bonds. The summed E-state index contributed by atoms with van der Waals surface area (Å²) in [5, 5.41) is 14.0. The normalized spacial score (nSPS) is 10.5. The highest BCUT2D eigenvalue weighted by Gasteiger charge is 2.08. The first-order valence-electron chi connectivity index (χ1n) is 8.07. The fraction of sp³-hybridized carbons (Fsp3) is 0.389. The van der Waals surface area contributed by atoms with Gasteiger partial charge in [0, 0.05) is 13.1 Å². The van der Waals surface area contributed by atoms with Crippen LogP contribution in [-0.4, -0.2) is 29.8 Å². The van der Waals surface area contributed by atoms with Crippen molar-refractivity contribution >= 4 is 11.7 Å². The van der Waals surface area contributed by atoms with Gasteiger partial charge in [0.1, 0.15) is 11.6 Å². The lowest BCUT2D eigenvalue weighted by molar-refractivity contribution is 0.0946. The molecule has 0 unspecified atom stereocenters. The molecule has 0 aliphatic heterocycles. The molecule has 0 aliphatic carbocycles. The van der Waals surface area contributed by atoms with E-state index in [4.69, 9.17) is 4.74 Å². The van der Waals surface area contributed by atoms with Crippen LogP contribution in [0.5, 0.6) is 5.75 Å². The van der Waals surface area contributed by atoms with Crippen molar-refractivity contribution in [2.24, 2.45) is 5.92 Å². The molecule has 0 aliphatic rings. The van der Waals surface area contributed by atoms with Crippen molar-refractivity contribution in [3.05, 3.63) is 47.7 Å². The second kappa shape index (κ2) is 8.86. The molecule has 0 saturated heterocycles. The number of benzene rings is 1. The van der Waals surface area contributed by atoms with E-state index in [1.807, 2.05) is 24.3 Å². The van der Waals surface area contributed by atoms with E-state index in [1.54, 1.807) is 19.2 Å². The average molecular weight is 328 g/mol. The van der Waals surface area contributed by atoms with Gasteiger partial charge in [0.25, 0.3) is 5.91 Å². The van der Waals surface area contributed by atoms with Gasteiger partial charge in [0.2, 0.25) is 0 Å². The fourth-order valence-corrected chi connectivity index (χ4v) is 2.05. The Labute approximate surface area is 142 Å². The topological polar surface area (TPSA) is 76.1 Å². The average Bonchev–Trinajstić information content (AvgIpc) is 2.60. The summed E-state index contributed by atoms with van der Waals surface area (Å²) in [7, 11) is 1.64. The highest BCUT2D eigenvalue weighted by Crippen LogP contribution is 2.12. The van der Waals surface area contributed by atoms with Crippen LogP contribution in [0.1, 0.15) is 36.3 Å². The molecule has 0 fully saturated rings. The SMILES string of the molecule is COc1ccc(CNc2ccc(C(=O)NCCC(C)C)nn2)cc1. The van der Waals surface area contributed by atoms with Gasteiger partial charge in [-0.05, 0) is 42.2 Å². The second-order valence-corrected chi connectivity index (χ2v) is 5.94. The minimum absolute atomic E-state index is 0.190. The summed E-state index contributed by atoms with van der Waals surface area (Å²) >= 11 is 0. The Hall–Kier alpha value is -2.63. The van der Waals surface area contributed by atoms with Gasteiger partial charge in [0.05, 0.1) is 7.11 Å². The van der Waals surface area contributed by atoms with Gasteiger partial charge in [0.15, 0.2) is 5.69 Å². The van der Waals surface area contributed by atoms with E-state index in [2.05, 4.69) is 34.7 Å². The zero-order valence-corrected chi connectivity index (χ0v) is 14.4. The molecule has 128 valence electrons. The van der Waals surface area contributed by atoms with Gasteiger partial charge in [-0.1, -0.05) is 26.0 Å². The Morgan fingerprint density at radius 1 is 1.12 bits per heavy atom. The van der Waals surface area contributed by atoms with Crippen LogP contribution in [0.3, 0.4) is 0 Å². The molecule has 6 heteroatoms. The number of nitrogens with zero attached hydrogens (tertiary/aromatic N) is 2. The zero-order chi connectivity index (χ0) is 17.4. The number of nitrogens with one attached hydrogen (secondary N) is 2. The van der Waals surface area contributed by atoms with Crippen molar-refractivity contribution in [3.8, 4) is 5.75 Å². The number of aromatic nitrogens is 2. The van der Waals surface area contributed by atoms with Gasteiger partial charge >= 0.3 is 0 Å². The second-order valence-electron chi connectivity index (χ2n) is 5.94. The standard InChI is InChI=1S/C18H24N4O2/c1-13(2)10-11-19-18(23)16-8-9-17(22-21-16)20-12-14-4-6-15(24-3)7-5-14/h4-9,13H,10-12H2,1-3H3,(H,19,23)(H,20,22). The monoisotopic (exact) mass is 328 g/mol. The molecule has 1 aromatic carbocycles. The maximum Gasteiger partial charge on any atom is 0.271 e. The number of hydrogen-bond acceptors (Lipinski definition) is 5. The van der Waals surface area contributed by atoms with Crippen molar-refractivity contribution in [1.29, 1.82) is 0 Å². The van der Waals surface area contributed by atoms with Crippen LogP contribution in [0.4, 0.5) is 5.82 Å². The number of rotatable bonds is 8. The Balaban J connectivity index is 1.83. The molecular weight excluding hydrogens is 304 g/mol. The fourth-order valence-electron chi connectivity index (χ4n) is 2.05. The molecule has 2 N–H and O–H groups in total. The van der Waals surface area contributed by atoms with E-state index in [0.717, 1.165) is 17.7 Å². The van der Waals surface area contributed by atoms with Crippen molar-refractivity contribution in [2.75, 3.05) is 19.0 Å².